The van der Waals surface area contributed by atoms with Gasteiger partial charge in [-0.3, -0.25) is 9.69 Å². The summed E-state index contributed by atoms with van der Waals surface area (Å²) in [7, 11) is 0. The summed E-state index contributed by atoms with van der Waals surface area (Å²) in [5, 5.41) is 8.71. The fourth-order valence-electron chi connectivity index (χ4n) is 5.38. The van der Waals surface area contributed by atoms with Gasteiger partial charge in [0.25, 0.3) is 5.91 Å². The quantitative estimate of drug-likeness (QED) is 0.725. The molecule has 1 amide bonds. The predicted octanol–water partition coefficient (Wildman–Crippen LogP) is 2.43. The fraction of sp³-hybridized carbons (Fsp3) is 0.750. The summed E-state index contributed by atoms with van der Waals surface area (Å²) in [5.74, 6) is 3.41. The van der Waals surface area contributed by atoms with Crippen molar-refractivity contribution in [1.82, 2.24) is 4.90 Å². The molecule has 4 bridgehead atoms. The zero-order valence-electron chi connectivity index (χ0n) is 11.7. The van der Waals surface area contributed by atoms with Crippen molar-refractivity contribution in [3.05, 3.63) is 11.8 Å². The molecule has 4 saturated carbocycles. The lowest BCUT2D eigenvalue weighted by molar-refractivity contribution is -0.136. The van der Waals surface area contributed by atoms with Crippen LogP contribution in [0.5, 0.6) is 0 Å². The number of rotatable bonds is 2. The van der Waals surface area contributed by atoms with Gasteiger partial charge in [-0.25, -0.2) is 0 Å². The SMILES string of the molecule is N#CCN1COC(C23CC4CC(CC(C4)C2)C3)=CC1=O. The summed E-state index contributed by atoms with van der Waals surface area (Å²) in [6, 6.07) is 2.01. The van der Waals surface area contributed by atoms with Crippen LogP contribution in [-0.2, 0) is 9.53 Å². The number of nitriles is 1. The molecule has 1 heterocycles. The van der Waals surface area contributed by atoms with Gasteiger partial charge >= 0.3 is 0 Å². The van der Waals surface area contributed by atoms with Gasteiger partial charge in [0, 0.05) is 11.5 Å². The number of allylic oxidation sites excluding steroid dienone is 1. The van der Waals surface area contributed by atoms with Crippen LogP contribution in [0.25, 0.3) is 0 Å². The van der Waals surface area contributed by atoms with Crippen molar-refractivity contribution in [3.63, 3.8) is 0 Å². The van der Waals surface area contributed by atoms with Crippen LogP contribution < -0.4 is 0 Å². The summed E-state index contributed by atoms with van der Waals surface area (Å²) >= 11 is 0. The van der Waals surface area contributed by atoms with E-state index in [1.807, 2.05) is 6.07 Å². The maximum absolute atomic E-state index is 12.1. The van der Waals surface area contributed by atoms with Gasteiger partial charge < -0.3 is 4.74 Å². The maximum Gasteiger partial charge on any atom is 0.253 e. The molecule has 106 valence electrons. The van der Waals surface area contributed by atoms with Gasteiger partial charge in [0.05, 0.1) is 6.07 Å². The van der Waals surface area contributed by atoms with Crippen molar-refractivity contribution in [2.24, 2.45) is 23.2 Å². The highest BCUT2D eigenvalue weighted by Crippen LogP contribution is 2.63. The van der Waals surface area contributed by atoms with Crippen molar-refractivity contribution in [1.29, 1.82) is 5.26 Å². The Bertz CT molecular complexity index is 482. The first-order valence-electron chi connectivity index (χ1n) is 7.69. The van der Waals surface area contributed by atoms with E-state index < -0.39 is 0 Å². The molecule has 1 aliphatic heterocycles. The highest BCUT2D eigenvalue weighted by atomic mass is 16.5. The van der Waals surface area contributed by atoms with Crippen LogP contribution in [0.15, 0.2) is 11.8 Å². The predicted molar refractivity (Wildman–Crippen MR) is 72.0 cm³/mol. The van der Waals surface area contributed by atoms with Crippen molar-refractivity contribution < 1.29 is 9.53 Å². The van der Waals surface area contributed by atoms with Crippen LogP contribution >= 0.6 is 0 Å². The first-order valence-corrected chi connectivity index (χ1v) is 7.69. The Morgan fingerprint density at radius 3 is 2.35 bits per heavy atom. The Morgan fingerprint density at radius 2 is 1.85 bits per heavy atom. The number of amides is 1. The smallest absolute Gasteiger partial charge is 0.253 e. The summed E-state index contributed by atoms with van der Waals surface area (Å²) < 4.78 is 5.91. The van der Waals surface area contributed by atoms with Crippen molar-refractivity contribution in [2.75, 3.05) is 13.3 Å². The normalized spacial score (nSPS) is 42.1. The van der Waals surface area contributed by atoms with E-state index in [1.54, 1.807) is 6.08 Å². The first kappa shape index (κ1) is 12.3. The average molecular weight is 272 g/mol. The minimum atomic E-state index is -0.0523. The number of carbonyl (C=O) groups excluding carboxylic acids is 1. The highest BCUT2D eigenvalue weighted by molar-refractivity contribution is 5.89. The average Bonchev–Trinajstić information content (AvgIpc) is 2.39. The van der Waals surface area contributed by atoms with Gasteiger partial charge in [-0.05, 0) is 56.3 Å². The molecule has 5 aliphatic rings. The van der Waals surface area contributed by atoms with E-state index in [0.717, 1.165) is 23.5 Å². The van der Waals surface area contributed by atoms with Gasteiger partial charge in [-0.15, -0.1) is 0 Å². The van der Waals surface area contributed by atoms with Crippen LogP contribution in [0, 0.1) is 34.5 Å². The molecular formula is C16H20N2O2. The van der Waals surface area contributed by atoms with E-state index >= 15 is 0 Å². The third kappa shape index (κ3) is 1.76. The van der Waals surface area contributed by atoms with E-state index in [0.29, 0.717) is 0 Å². The van der Waals surface area contributed by atoms with E-state index in [2.05, 4.69) is 0 Å². The zero-order chi connectivity index (χ0) is 13.7. The second kappa shape index (κ2) is 4.25. The second-order valence-corrected chi connectivity index (χ2v) is 7.17. The maximum atomic E-state index is 12.1. The largest absolute Gasteiger partial charge is 0.477 e. The minimum absolute atomic E-state index is 0.0523. The van der Waals surface area contributed by atoms with E-state index in [1.165, 1.54) is 43.4 Å². The second-order valence-electron chi connectivity index (χ2n) is 7.17. The van der Waals surface area contributed by atoms with Crippen LogP contribution in [-0.4, -0.2) is 24.1 Å². The van der Waals surface area contributed by atoms with Crippen LogP contribution in [0.3, 0.4) is 0 Å². The van der Waals surface area contributed by atoms with Crippen molar-refractivity contribution in [2.45, 2.75) is 38.5 Å². The number of hydrogen-bond acceptors (Lipinski definition) is 3. The third-order valence-corrected chi connectivity index (χ3v) is 5.76. The van der Waals surface area contributed by atoms with Crippen LogP contribution in [0.4, 0.5) is 0 Å². The standard InChI is InChI=1S/C16H20N2O2/c17-1-2-18-10-20-14(6-15(18)19)16-7-11-3-12(8-16)5-13(4-11)9-16/h6,11-13H,2-5,7-10H2. The van der Waals surface area contributed by atoms with Crippen molar-refractivity contribution >= 4 is 5.91 Å². The number of nitrogens with zero attached hydrogens (tertiary/aromatic N) is 2. The molecule has 0 N–H and O–H groups in total. The molecule has 4 aliphatic carbocycles. The molecule has 4 nitrogen and oxygen atoms in total. The van der Waals surface area contributed by atoms with Gasteiger partial charge in [0.1, 0.15) is 12.3 Å². The van der Waals surface area contributed by atoms with Gasteiger partial charge in [0.15, 0.2) is 6.73 Å². The molecule has 0 aromatic carbocycles. The summed E-state index contributed by atoms with van der Waals surface area (Å²) in [6.45, 7) is 0.365. The van der Waals surface area contributed by atoms with Gasteiger partial charge in [-0.2, -0.15) is 5.26 Å². The first-order chi connectivity index (χ1) is 9.68. The van der Waals surface area contributed by atoms with Gasteiger partial charge in [0.2, 0.25) is 0 Å². The molecule has 0 saturated heterocycles. The van der Waals surface area contributed by atoms with Crippen LogP contribution in [0.1, 0.15) is 38.5 Å². The van der Waals surface area contributed by atoms with Crippen LogP contribution in [0.2, 0.25) is 0 Å². The molecule has 0 atom stereocenters. The molecule has 0 unspecified atom stereocenters. The fourth-order valence-corrected chi connectivity index (χ4v) is 5.38. The van der Waals surface area contributed by atoms with Crippen molar-refractivity contribution in [3.8, 4) is 6.07 Å². The molecular weight excluding hydrogens is 252 g/mol. The molecule has 4 heteroatoms. The van der Waals surface area contributed by atoms with E-state index in [-0.39, 0.29) is 24.6 Å². The Kier molecular flexibility index (Phi) is 2.60. The molecule has 0 aromatic heterocycles. The Balaban J connectivity index is 1.60. The number of hydrogen-bond donors (Lipinski definition) is 0. The Labute approximate surface area is 119 Å². The minimum Gasteiger partial charge on any atom is -0.477 e. The molecule has 4 fully saturated rings. The number of carbonyl (C=O) groups is 1. The summed E-state index contributed by atoms with van der Waals surface area (Å²) in [5.41, 5.74) is 0.142. The van der Waals surface area contributed by atoms with E-state index in [4.69, 9.17) is 10.00 Å². The third-order valence-electron chi connectivity index (χ3n) is 5.76. The topological polar surface area (TPSA) is 53.3 Å². The Hall–Kier alpha value is -1.50. The number of ether oxygens (including phenoxy) is 1. The molecule has 20 heavy (non-hydrogen) atoms. The Morgan fingerprint density at radius 1 is 1.25 bits per heavy atom. The summed E-state index contributed by atoms with van der Waals surface area (Å²) in [6.07, 6.45) is 9.46. The molecule has 5 rings (SSSR count). The molecule has 0 radical (unpaired) electrons. The lowest BCUT2D eigenvalue weighted by Crippen LogP contribution is -2.49. The van der Waals surface area contributed by atoms with Gasteiger partial charge in [-0.1, -0.05) is 0 Å². The molecule has 0 spiro atoms. The van der Waals surface area contributed by atoms with E-state index in [9.17, 15) is 4.79 Å². The monoisotopic (exact) mass is 272 g/mol. The summed E-state index contributed by atoms with van der Waals surface area (Å²) in [4.78, 5) is 13.6. The zero-order valence-corrected chi connectivity index (χ0v) is 11.7. The lowest BCUT2D eigenvalue weighted by Gasteiger charge is -2.57. The highest BCUT2D eigenvalue weighted by Gasteiger charge is 2.54. The molecule has 0 aromatic rings. The lowest BCUT2D eigenvalue weighted by atomic mass is 9.49.